The van der Waals surface area contributed by atoms with Gasteiger partial charge < -0.3 is 0 Å². The summed E-state index contributed by atoms with van der Waals surface area (Å²) >= 11 is 3.38. The molecule has 22 heavy (non-hydrogen) atoms. The maximum absolute atomic E-state index is 11.6. The standard InChI is InChI=1S/C18H27BrN2O/c1-2-3-4-5-6-7-8-9-10-18(22)21-20-15-16-11-13-17(19)14-12-16/h11-15H,2-10H2,1H3,(H,21,22). The van der Waals surface area contributed by atoms with Crippen LogP contribution in [0.3, 0.4) is 0 Å². The number of nitrogens with zero attached hydrogens (tertiary/aromatic N) is 1. The van der Waals surface area contributed by atoms with Crippen molar-refractivity contribution < 1.29 is 4.79 Å². The van der Waals surface area contributed by atoms with Crippen molar-refractivity contribution in [2.45, 2.75) is 64.7 Å². The van der Waals surface area contributed by atoms with Gasteiger partial charge in [-0.2, -0.15) is 5.10 Å². The van der Waals surface area contributed by atoms with E-state index < -0.39 is 0 Å². The van der Waals surface area contributed by atoms with E-state index in [1.54, 1.807) is 6.21 Å². The highest BCUT2D eigenvalue weighted by Crippen LogP contribution is 2.10. The number of hydrazone groups is 1. The van der Waals surface area contributed by atoms with Gasteiger partial charge in [0.1, 0.15) is 0 Å². The second kappa shape index (κ2) is 12.4. The summed E-state index contributed by atoms with van der Waals surface area (Å²) in [6, 6.07) is 7.78. The van der Waals surface area contributed by atoms with Crippen LogP contribution in [0.4, 0.5) is 0 Å². The Morgan fingerprint density at radius 3 is 2.27 bits per heavy atom. The van der Waals surface area contributed by atoms with Crippen molar-refractivity contribution >= 4 is 28.1 Å². The van der Waals surface area contributed by atoms with Gasteiger partial charge in [0.2, 0.25) is 5.91 Å². The second-order valence-corrected chi connectivity index (χ2v) is 6.49. The first kappa shape index (κ1) is 18.9. The van der Waals surface area contributed by atoms with Crippen LogP contribution in [0.15, 0.2) is 33.8 Å². The van der Waals surface area contributed by atoms with Gasteiger partial charge in [-0.05, 0) is 24.1 Å². The Hall–Kier alpha value is -1.16. The van der Waals surface area contributed by atoms with E-state index in [0.717, 1.165) is 22.9 Å². The van der Waals surface area contributed by atoms with E-state index in [4.69, 9.17) is 0 Å². The number of amides is 1. The van der Waals surface area contributed by atoms with E-state index in [1.165, 1.54) is 38.5 Å². The van der Waals surface area contributed by atoms with E-state index in [1.807, 2.05) is 24.3 Å². The fraction of sp³-hybridized carbons (Fsp3) is 0.556. The topological polar surface area (TPSA) is 41.5 Å². The Morgan fingerprint density at radius 1 is 1.05 bits per heavy atom. The van der Waals surface area contributed by atoms with Crippen LogP contribution in [0.2, 0.25) is 0 Å². The first-order valence-electron chi connectivity index (χ1n) is 8.30. The highest BCUT2D eigenvalue weighted by atomic mass is 79.9. The molecule has 1 aromatic rings. The Balaban J connectivity index is 2.02. The Kier molecular flexibility index (Phi) is 10.6. The van der Waals surface area contributed by atoms with Gasteiger partial charge in [0.15, 0.2) is 0 Å². The molecular formula is C18H27BrN2O. The molecule has 1 rings (SSSR count). The molecule has 1 N–H and O–H groups in total. The monoisotopic (exact) mass is 366 g/mol. The Labute approximate surface area is 142 Å². The minimum atomic E-state index is -0.000607. The van der Waals surface area contributed by atoms with Crippen LogP contribution in [0.5, 0.6) is 0 Å². The molecule has 0 spiro atoms. The van der Waals surface area contributed by atoms with Crippen LogP contribution in [0.25, 0.3) is 0 Å². The van der Waals surface area contributed by atoms with Gasteiger partial charge in [0.05, 0.1) is 6.21 Å². The Bertz CT molecular complexity index is 443. The molecule has 0 fully saturated rings. The molecule has 4 heteroatoms. The smallest absolute Gasteiger partial charge is 0.240 e. The van der Waals surface area contributed by atoms with E-state index >= 15 is 0 Å². The molecule has 0 radical (unpaired) electrons. The fourth-order valence-electron chi connectivity index (χ4n) is 2.20. The van der Waals surface area contributed by atoms with Crippen molar-refractivity contribution in [2.75, 3.05) is 0 Å². The molecule has 3 nitrogen and oxygen atoms in total. The summed E-state index contributed by atoms with van der Waals surface area (Å²) in [5, 5.41) is 3.98. The van der Waals surface area contributed by atoms with Crippen molar-refractivity contribution in [3.8, 4) is 0 Å². The zero-order chi connectivity index (χ0) is 16.0. The predicted molar refractivity (Wildman–Crippen MR) is 97.1 cm³/mol. The Morgan fingerprint density at radius 2 is 1.64 bits per heavy atom. The van der Waals surface area contributed by atoms with Crippen molar-refractivity contribution in [3.05, 3.63) is 34.3 Å². The number of halogens is 1. The second-order valence-electron chi connectivity index (χ2n) is 5.57. The molecule has 1 aromatic carbocycles. The molecule has 0 bridgehead atoms. The number of rotatable bonds is 11. The maximum atomic E-state index is 11.6. The molecule has 1 amide bonds. The predicted octanol–water partition coefficient (Wildman–Crippen LogP) is 5.43. The summed E-state index contributed by atoms with van der Waals surface area (Å²) < 4.78 is 1.03. The number of carbonyl (C=O) groups excluding carboxylic acids is 1. The van der Waals surface area contributed by atoms with Crippen LogP contribution < -0.4 is 5.43 Å². The van der Waals surface area contributed by atoms with Crippen LogP contribution in [0.1, 0.15) is 70.3 Å². The summed E-state index contributed by atoms with van der Waals surface area (Å²) in [6.45, 7) is 2.23. The van der Waals surface area contributed by atoms with Gasteiger partial charge >= 0.3 is 0 Å². The molecule has 0 aliphatic rings. The quantitative estimate of drug-likeness (QED) is 0.316. The third-order valence-electron chi connectivity index (χ3n) is 3.53. The lowest BCUT2D eigenvalue weighted by molar-refractivity contribution is -0.121. The summed E-state index contributed by atoms with van der Waals surface area (Å²) in [5.41, 5.74) is 3.55. The molecule has 0 atom stereocenters. The minimum absolute atomic E-state index is 0.000607. The van der Waals surface area contributed by atoms with Gasteiger partial charge in [0, 0.05) is 10.9 Å². The first-order chi connectivity index (χ1) is 10.7. The zero-order valence-electron chi connectivity index (χ0n) is 13.5. The van der Waals surface area contributed by atoms with E-state index in [0.29, 0.717) is 6.42 Å². The average molecular weight is 367 g/mol. The molecule has 0 aliphatic carbocycles. The highest BCUT2D eigenvalue weighted by molar-refractivity contribution is 9.10. The van der Waals surface area contributed by atoms with Crippen molar-refractivity contribution in [1.29, 1.82) is 0 Å². The molecule has 0 heterocycles. The van der Waals surface area contributed by atoms with Gasteiger partial charge in [-0.3, -0.25) is 4.79 Å². The van der Waals surface area contributed by atoms with Crippen LogP contribution in [-0.4, -0.2) is 12.1 Å². The van der Waals surface area contributed by atoms with Crippen LogP contribution >= 0.6 is 15.9 Å². The number of benzene rings is 1. The van der Waals surface area contributed by atoms with Crippen molar-refractivity contribution in [2.24, 2.45) is 5.10 Å². The van der Waals surface area contributed by atoms with Crippen molar-refractivity contribution in [1.82, 2.24) is 5.43 Å². The molecule has 0 saturated heterocycles. The summed E-state index contributed by atoms with van der Waals surface area (Å²) in [5.74, 6) is -0.000607. The minimum Gasteiger partial charge on any atom is -0.273 e. The number of hydrogen-bond donors (Lipinski definition) is 1. The molecule has 0 aliphatic heterocycles. The normalized spacial score (nSPS) is 11.0. The molecule has 0 unspecified atom stereocenters. The number of nitrogens with one attached hydrogen (secondary N) is 1. The number of hydrogen-bond acceptors (Lipinski definition) is 2. The van der Waals surface area contributed by atoms with Gasteiger partial charge in [-0.25, -0.2) is 5.43 Å². The van der Waals surface area contributed by atoms with E-state index in [9.17, 15) is 4.79 Å². The molecular weight excluding hydrogens is 340 g/mol. The van der Waals surface area contributed by atoms with Gasteiger partial charge in [-0.15, -0.1) is 0 Å². The lowest BCUT2D eigenvalue weighted by Gasteiger charge is -2.01. The van der Waals surface area contributed by atoms with Crippen molar-refractivity contribution in [3.63, 3.8) is 0 Å². The SMILES string of the molecule is CCCCCCCCCCC(=O)NN=Cc1ccc(Br)cc1. The maximum Gasteiger partial charge on any atom is 0.240 e. The van der Waals surface area contributed by atoms with Gasteiger partial charge in [-0.1, -0.05) is 79.9 Å². The van der Waals surface area contributed by atoms with E-state index in [-0.39, 0.29) is 5.91 Å². The number of unbranched alkanes of at least 4 members (excludes halogenated alkanes) is 7. The highest BCUT2D eigenvalue weighted by Gasteiger charge is 1.99. The third kappa shape index (κ3) is 9.72. The summed E-state index contributed by atoms with van der Waals surface area (Å²) in [7, 11) is 0. The van der Waals surface area contributed by atoms with Crippen LogP contribution in [0, 0.1) is 0 Å². The largest absolute Gasteiger partial charge is 0.273 e. The average Bonchev–Trinajstić information content (AvgIpc) is 2.52. The zero-order valence-corrected chi connectivity index (χ0v) is 15.1. The third-order valence-corrected chi connectivity index (χ3v) is 4.06. The first-order valence-corrected chi connectivity index (χ1v) is 9.09. The lowest BCUT2D eigenvalue weighted by Crippen LogP contribution is -2.16. The lowest BCUT2D eigenvalue weighted by atomic mass is 10.1. The molecule has 0 saturated carbocycles. The fourth-order valence-corrected chi connectivity index (χ4v) is 2.47. The summed E-state index contributed by atoms with van der Waals surface area (Å²) in [4.78, 5) is 11.6. The van der Waals surface area contributed by atoms with Gasteiger partial charge in [0.25, 0.3) is 0 Å². The number of carbonyl (C=O) groups is 1. The van der Waals surface area contributed by atoms with E-state index in [2.05, 4.69) is 33.4 Å². The molecule has 122 valence electrons. The molecule has 0 aromatic heterocycles. The summed E-state index contributed by atoms with van der Waals surface area (Å²) in [6.07, 6.45) is 12.2. The van der Waals surface area contributed by atoms with Crippen LogP contribution in [-0.2, 0) is 4.79 Å².